The van der Waals surface area contributed by atoms with Crippen molar-refractivity contribution in [3.63, 3.8) is 0 Å². The Morgan fingerprint density at radius 2 is 2.05 bits per heavy atom. The number of carbonyl (C=O) groups excluding carboxylic acids is 1. The lowest BCUT2D eigenvalue weighted by Crippen LogP contribution is -2.40. The first kappa shape index (κ1) is 15.5. The van der Waals surface area contributed by atoms with Crippen molar-refractivity contribution in [2.24, 2.45) is 5.41 Å². The minimum atomic E-state index is -0.956. The lowest BCUT2D eigenvalue weighted by atomic mass is 9.87. The van der Waals surface area contributed by atoms with Gasteiger partial charge in [0, 0.05) is 17.1 Å². The predicted molar refractivity (Wildman–Crippen MR) is 74.6 cm³/mol. The Morgan fingerprint density at radius 1 is 1.42 bits per heavy atom. The SMILES string of the molecule is CCC(C)(CNC(=O)c1cccc(Cl)c1C)C(=O)O. The maximum absolute atomic E-state index is 12.0. The van der Waals surface area contributed by atoms with Crippen LogP contribution < -0.4 is 5.32 Å². The van der Waals surface area contributed by atoms with Crippen molar-refractivity contribution in [1.29, 1.82) is 0 Å². The van der Waals surface area contributed by atoms with Gasteiger partial charge in [-0.3, -0.25) is 9.59 Å². The molecule has 1 aromatic carbocycles. The molecule has 2 N–H and O–H groups in total. The van der Waals surface area contributed by atoms with Crippen LogP contribution in [0, 0.1) is 12.3 Å². The molecule has 1 aromatic rings. The standard InChI is InChI=1S/C14H18ClNO3/c1-4-14(3,13(18)19)8-16-12(17)10-6-5-7-11(15)9(10)2/h5-7H,4,8H2,1-3H3,(H,16,17)(H,18,19). The average Bonchev–Trinajstić information content (AvgIpc) is 2.38. The van der Waals surface area contributed by atoms with Crippen molar-refractivity contribution in [3.8, 4) is 0 Å². The van der Waals surface area contributed by atoms with Gasteiger partial charge in [-0.05, 0) is 38.0 Å². The summed E-state index contributed by atoms with van der Waals surface area (Å²) in [4.78, 5) is 23.2. The normalized spacial score (nSPS) is 13.7. The first-order valence-corrected chi connectivity index (χ1v) is 6.46. The first-order valence-electron chi connectivity index (χ1n) is 6.08. The number of carbonyl (C=O) groups is 2. The average molecular weight is 284 g/mol. The molecule has 104 valence electrons. The van der Waals surface area contributed by atoms with E-state index in [1.54, 1.807) is 39.0 Å². The molecule has 0 radical (unpaired) electrons. The zero-order valence-electron chi connectivity index (χ0n) is 11.3. The third-order valence-electron chi connectivity index (χ3n) is 3.45. The molecule has 0 aliphatic heterocycles. The molecule has 1 amide bonds. The number of halogens is 1. The van der Waals surface area contributed by atoms with Gasteiger partial charge >= 0.3 is 5.97 Å². The molecular formula is C14H18ClNO3. The summed E-state index contributed by atoms with van der Waals surface area (Å²) in [6, 6.07) is 5.07. The number of rotatable bonds is 5. The monoisotopic (exact) mass is 283 g/mol. The Kier molecular flexibility index (Phi) is 4.95. The van der Waals surface area contributed by atoms with Crippen molar-refractivity contribution < 1.29 is 14.7 Å². The van der Waals surface area contributed by atoms with Crippen LogP contribution in [-0.4, -0.2) is 23.5 Å². The van der Waals surface area contributed by atoms with E-state index in [0.29, 0.717) is 22.6 Å². The second kappa shape index (κ2) is 6.06. The van der Waals surface area contributed by atoms with E-state index in [1.165, 1.54) is 0 Å². The Labute approximate surface area is 117 Å². The van der Waals surface area contributed by atoms with Crippen LogP contribution >= 0.6 is 11.6 Å². The molecule has 1 unspecified atom stereocenters. The van der Waals surface area contributed by atoms with Crippen LogP contribution in [0.2, 0.25) is 5.02 Å². The highest BCUT2D eigenvalue weighted by atomic mass is 35.5. The highest BCUT2D eigenvalue weighted by Crippen LogP contribution is 2.21. The maximum Gasteiger partial charge on any atom is 0.311 e. The van der Waals surface area contributed by atoms with E-state index < -0.39 is 11.4 Å². The summed E-state index contributed by atoms with van der Waals surface area (Å²) in [6.07, 6.45) is 0.442. The summed E-state index contributed by atoms with van der Waals surface area (Å²) in [5.41, 5.74) is 0.203. The molecule has 0 bridgehead atoms. The number of carboxylic acid groups (broad SMARTS) is 1. The van der Waals surface area contributed by atoms with Gasteiger partial charge in [-0.2, -0.15) is 0 Å². The van der Waals surface area contributed by atoms with Crippen molar-refractivity contribution in [1.82, 2.24) is 5.32 Å². The van der Waals surface area contributed by atoms with Gasteiger partial charge in [-0.25, -0.2) is 0 Å². The molecule has 0 spiro atoms. The zero-order chi connectivity index (χ0) is 14.6. The third kappa shape index (κ3) is 3.47. The van der Waals surface area contributed by atoms with E-state index >= 15 is 0 Å². The molecule has 0 saturated heterocycles. The molecule has 0 fully saturated rings. The molecule has 0 aliphatic carbocycles. The highest BCUT2D eigenvalue weighted by molar-refractivity contribution is 6.31. The van der Waals surface area contributed by atoms with Crippen LogP contribution in [0.1, 0.15) is 36.2 Å². The number of aliphatic carboxylic acids is 1. The van der Waals surface area contributed by atoms with Crippen LogP contribution in [0.4, 0.5) is 0 Å². The summed E-state index contributed by atoms with van der Waals surface area (Å²) in [5, 5.41) is 12.3. The van der Waals surface area contributed by atoms with Crippen LogP contribution in [0.15, 0.2) is 18.2 Å². The van der Waals surface area contributed by atoms with Crippen molar-refractivity contribution >= 4 is 23.5 Å². The highest BCUT2D eigenvalue weighted by Gasteiger charge is 2.31. The fourth-order valence-electron chi connectivity index (χ4n) is 1.58. The Balaban J connectivity index is 2.81. The van der Waals surface area contributed by atoms with Gasteiger partial charge in [0.15, 0.2) is 0 Å². The summed E-state index contributed by atoms with van der Waals surface area (Å²) >= 11 is 5.95. The van der Waals surface area contributed by atoms with Crippen molar-refractivity contribution in [3.05, 3.63) is 34.3 Å². The van der Waals surface area contributed by atoms with E-state index in [0.717, 1.165) is 0 Å². The molecule has 0 heterocycles. The van der Waals surface area contributed by atoms with Crippen molar-refractivity contribution in [2.75, 3.05) is 6.54 Å². The van der Waals surface area contributed by atoms with Crippen LogP contribution in [0.3, 0.4) is 0 Å². The Bertz CT molecular complexity index is 501. The van der Waals surface area contributed by atoms with Gasteiger partial charge in [-0.1, -0.05) is 24.6 Å². The van der Waals surface area contributed by atoms with Gasteiger partial charge in [0.05, 0.1) is 5.41 Å². The second-order valence-corrected chi connectivity index (χ2v) is 5.22. The molecule has 1 rings (SSSR count). The van der Waals surface area contributed by atoms with E-state index in [9.17, 15) is 9.59 Å². The molecule has 5 heteroatoms. The second-order valence-electron chi connectivity index (χ2n) is 4.81. The van der Waals surface area contributed by atoms with Crippen LogP contribution in [0.5, 0.6) is 0 Å². The fraction of sp³-hybridized carbons (Fsp3) is 0.429. The molecule has 1 atom stereocenters. The minimum absolute atomic E-state index is 0.0869. The minimum Gasteiger partial charge on any atom is -0.481 e. The molecule has 0 saturated carbocycles. The first-order chi connectivity index (χ1) is 8.81. The summed E-state index contributed by atoms with van der Waals surface area (Å²) in [7, 11) is 0. The Hall–Kier alpha value is -1.55. The van der Waals surface area contributed by atoms with Gasteiger partial charge < -0.3 is 10.4 Å². The smallest absolute Gasteiger partial charge is 0.311 e. The quantitative estimate of drug-likeness (QED) is 0.873. The van der Waals surface area contributed by atoms with E-state index in [-0.39, 0.29) is 12.5 Å². The van der Waals surface area contributed by atoms with E-state index in [4.69, 9.17) is 16.7 Å². The third-order valence-corrected chi connectivity index (χ3v) is 3.86. The van der Waals surface area contributed by atoms with Gasteiger partial charge in [0.25, 0.3) is 5.91 Å². The largest absolute Gasteiger partial charge is 0.481 e. The Morgan fingerprint density at radius 3 is 2.58 bits per heavy atom. The zero-order valence-corrected chi connectivity index (χ0v) is 12.0. The molecule has 4 nitrogen and oxygen atoms in total. The number of hydrogen-bond donors (Lipinski definition) is 2. The lowest BCUT2D eigenvalue weighted by molar-refractivity contribution is -0.147. The number of benzene rings is 1. The summed E-state index contributed by atoms with van der Waals surface area (Å²) in [5.74, 6) is -1.22. The van der Waals surface area contributed by atoms with Gasteiger partial charge in [-0.15, -0.1) is 0 Å². The molecule has 0 aliphatic rings. The number of carboxylic acids is 1. The van der Waals surface area contributed by atoms with E-state index in [2.05, 4.69) is 5.32 Å². The summed E-state index contributed by atoms with van der Waals surface area (Å²) in [6.45, 7) is 5.24. The fourth-order valence-corrected chi connectivity index (χ4v) is 1.75. The van der Waals surface area contributed by atoms with Crippen LogP contribution in [0.25, 0.3) is 0 Å². The van der Waals surface area contributed by atoms with Crippen molar-refractivity contribution in [2.45, 2.75) is 27.2 Å². The molecule has 0 aromatic heterocycles. The molecule has 19 heavy (non-hydrogen) atoms. The molecular weight excluding hydrogens is 266 g/mol. The predicted octanol–water partition coefficient (Wildman–Crippen LogP) is 2.88. The van der Waals surface area contributed by atoms with Gasteiger partial charge in [0.2, 0.25) is 0 Å². The summed E-state index contributed by atoms with van der Waals surface area (Å²) < 4.78 is 0. The number of amides is 1. The maximum atomic E-state index is 12.0. The van der Waals surface area contributed by atoms with Crippen LogP contribution in [-0.2, 0) is 4.79 Å². The van der Waals surface area contributed by atoms with E-state index in [1.807, 2.05) is 0 Å². The number of nitrogens with one attached hydrogen (secondary N) is 1. The lowest BCUT2D eigenvalue weighted by Gasteiger charge is -2.23. The number of hydrogen-bond acceptors (Lipinski definition) is 2. The topological polar surface area (TPSA) is 66.4 Å². The van der Waals surface area contributed by atoms with Gasteiger partial charge in [0.1, 0.15) is 0 Å².